The van der Waals surface area contributed by atoms with E-state index in [0.29, 0.717) is 18.0 Å². The molecule has 1 amide bonds. The Bertz CT molecular complexity index is 370. The van der Waals surface area contributed by atoms with Gasteiger partial charge in [-0.25, -0.2) is 4.79 Å². The molecule has 0 fully saturated rings. The highest BCUT2D eigenvalue weighted by molar-refractivity contribution is 9.10. The molecule has 1 aromatic carbocycles. The molecule has 0 unspecified atom stereocenters. The maximum Gasteiger partial charge on any atom is 0.409 e. The van der Waals surface area contributed by atoms with E-state index in [1.807, 2.05) is 6.92 Å². The molecular formula is C10H12BrNO4. The topological polar surface area (TPSA) is 67.8 Å². The molecule has 5 nitrogen and oxygen atoms in total. The van der Waals surface area contributed by atoms with Crippen molar-refractivity contribution >= 4 is 27.7 Å². The number of hydrogen-bond donors (Lipinski definition) is 2. The Morgan fingerprint density at radius 2 is 2.31 bits per heavy atom. The Morgan fingerprint density at radius 1 is 1.56 bits per heavy atom. The third kappa shape index (κ3) is 4.08. The summed E-state index contributed by atoms with van der Waals surface area (Å²) in [5.74, 6) is 0.527. The van der Waals surface area contributed by atoms with Gasteiger partial charge in [0.1, 0.15) is 5.75 Å². The van der Waals surface area contributed by atoms with Gasteiger partial charge < -0.3 is 14.6 Å². The minimum Gasteiger partial charge on any atom is -0.466 e. The number of halogens is 1. The number of ether oxygens (including phenoxy) is 2. The average molecular weight is 290 g/mol. The molecule has 0 heterocycles. The third-order valence-electron chi connectivity index (χ3n) is 1.68. The Labute approximate surface area is 101 Å². The zero-order chi connectivity index (χ0) is 12.0. The fourth-order valence-electron chi connectivity index (χ4n) is 1.00. The van der Waals surface area contributed by atoms with Crippen LogP contribution in [-0.4, -0.2) is 24.6 Å². The SMILES string of the molecule is CCOCOc1cc(NC(=O)O)ccc1Br. The van der Waals surface area contributed by atoms with Crippen LogP contribution in [0.2, 0.25) is 0 Å². The standard InChI is InChI=1S/C10H12BrNO4/c1-2-15-6-16-9-5-7(12-10(13)14)3-4-8(9)11/h3-5,12H,2,6H2,1H3,(H,13,14). The van der Waals surface area contributed by atoms with Crippen LogP contribution in [-0.2, 0) is 4.74 Å². The second-order valence-electron chi connectivity index (χ2n) is 2.83. The number of carbonyl (C=O) groups is 1. The van der Waals surface area contributed by atoms with Crippen LogP contribution in [0.5, 0.6) is 5.75 Å². The van der Waals surface area contributed by atoms with E-state index in [0.717, 1.165) is 4.47 Å². The molecule has 0 aromatic heterocycles. The van der Waals surface area contributed by atoms with E-state index in [2.05, 4.69) is 21.2 Å². The summed E-state index contributed by atoms with van der Waals surface area (Å²) in [6, 6.07) is 4.91. The van der Waals surface area contributed by atoms with Crippen molar-refractivity contribution in [3.8, 4) is 5.75 Å². The zero-order valence-corrected chi connectivity index (χ0v) is 10.3. The first-order chi connectivity index (χ1) is 7.63. The van der Waals surface area contributed by atoms with E-state index in [1.165, 1.54) is 0 Å². The molecule has 1 rings (SSSR count). The van der Waals surface area contributed by atoms with Crippen molar-refractivity contribution in [3.05, 3.63) is 22.7 Å². The average Bonchev–Trinajstić information content (AvgIpc) is 2.22. The van der Waals surface area contributed by atoms with E-state index in [4.69, 9.17) is 14.6 Å². The van der Waals surface area contributed by atoms with Gasteiger partial charge in [0, 0.05) is 18.4 Å². The highest BCUT2D eigenvalue weighted by Crippen LogP contribution is 2.28. The van der Waals surface area contributed by atoms with Crippen molar-refractivity contribution in [2.75, 3.05) is 18.7 Å². The fraction of sp³-hybridized carbons (Fsp3) is 0.300. The van der Waals surface area contributed by atoms with Gasteiger partial charge in [-0.05, 0) is 35.0 Å². The van der Waals surface area contributed by atoms with Crippen molar-refractivity contribution < 1.29 is 19.4 Å². The Balaban J connectivity index is 2.70. The lowest BCUT2D eigenvalue weighted by Gasteiger charge is -2.09. The van der Waals surface area contributed by atoms with Crippen LogP contribution >= 0.6 is 15.9 Å². The van der Waals surface area contributed by atoms with Crippen LogP contribution in [0.25, 0.3) is 0 Å². The van der Waals surface area contributed by atoms with Gasteiger partial charge in [0.05, 0.1) is 4.47 Å². The summed E-state index contributed by atoms with van der Waals surface area (Å²) in [7, 11) is 0. The molecule has 0 aliphatic heterocycles. The molecule has 0 spiro atoms. The molecule has 0 aliphatic rings. The van der Waals surface area contributed by atoms with Gasteiger partial charge in [0.15, 0.2) is 6.79 Å². The zero-order valence-electron chi connectivity index (χ0n) is 8.70. The maximum absolute atomic E-state index is 10.4. The molecule has 0 saturated carbocycles. The van der Waals surface area contributed by atoms with E-state index in [-0.39, 0.29) is 6.79 Å². The van der Waals surface area contributed by atoms with Gasteiger partial charge in [-0.1, -0.05) is 0 Å². The summed E-state index contributed by atoms with van der Waals surface area (Å²) < 4.78 is 11.1. The van der Waals surface area contributed by atoms with Gasteiger partial charge >= 0.3 is 6.09 Å². The lowest BCUT2D eigenvalue weighted by atomic mass is 10.3. The first-order valence-corrected chi connectivity index (χ1v) is 5.43. The Kier molecular flexibility index (Phi) is 5.07. The van der Waals surface area contributed by atoms with Crippen molar-refractivity contribution in [2.24, 2.45) is 0 Å². The third-order valence-corrected chi connectivity index (χ3v) is 2.34. The molecule has 0 saturated heterocycles. The molecule has 0 bridgehead atoms. The Morgan fingerprint density at radius 3 is 2.94 bits per heavy atom. The number of anilines is 1. The summed E-state index contributed by atoms with van der Waals surface area (Å²) in [5.41, 5.74) is 0.446. The van der Waals surface area contributed by atoms with Crippen molar-refractivity contribution in [1.29, 1.82) is 0 Å². The number of amides is 1. The molecule has 2 N–H and O–H groups in total. The Hall–Kier alpha value is -1.27. The van der Waals surface area contributed by atoms with Crippen LogP contribution in [0.1, 0.15) is 6.92 Å². The number of rotatable bonds is 5. The normalized spacial score (nSPS) is 9.88. The highest BCUT2D eigenvalue weighted by atomic mass is 79.9. The summed E-state index contributed by atoms with van der Waals surface area (Å²) in [6.45, 7) is 2.55. The predicted molar refractivity (Wildman–Crippen MR) is 62.9 cm³/mol. The highest BCUT2D eigenvalue weighted by Gasteiger charge is 2.04. The first kappa shape index (κ1) is 12.8. The van der Waals surface area contributed by atoms with Gasteiger partial charge in [-0.15, -0.1) is 0 Å². The van der Waals surface area contributed by atoms with Crippen LogP contribution in [0, 0.1) is 0 Å². The van der Waals surface area contributed by atoms with Crippen molar-refractivity contribution in [3.63, 3.8) is 0 Å². The second-order valence-corrected chi connectivity index (χ2v) is 3.68. The molecule has 0 aliphatic carbocycles. The van der Waals surface area contributed by atoms with Crippen molar-refractivity contribution in [1.82, 2.24) is 0 Å². The van der Waals surface area contributed by atoms with Crippen LogP contribution in [0.4, 0.5) is 10.5 Å². The summed E-state index contributed by atoms with van der Waals surface area (Å²) in [4.78, 5) is 10.4. The van der Waals surface area contributed by atoms with Crippen molar-refractivity contribution in [2.45, 2.75) is 6.92 Å². The lowest BCUT2D eigenvalue weighted by molar-refractivity contribution is 0.0220. The van der Waals surface area contributed by atoms with Gasteiger partial charge in [0.25, 0.3) is 0 Å². The van der Waals surface area contributed by atoms with Gasteiger partial charge in [-0.3, -0.25) is 5.32 Å². The lowest BCUT2D eigenvalue weighted by Crippen LogP contribution is -2.08. The predicted octanol–water partition coefficient (Wildman–Crippen LogP) is 2.91. The molecule has 0 radical (unpaired) electrons. The molecule has 6 heteroatoms. The quantitative estimate of drug-likeness (QED) is 0.646. The first-order valence-electron chi connectivity index (χ1n) is 4.63. The number of benzene rings is 1. The largest absolute Gasteiger partial charge is 0.466 e. The smallest absolute Gasteiger partial charge is 0.409 e. The molecule has 0 atom stereocenters. The van der Waals surface area contributed by atoms with E-state index < -0.39 is 6.09 Å². The number of carboxylic acid groups (broad SMARTS) is 1. The molecule has 1 aromatic rings. The minimum atomic E-state index is -1.11. The summed E-state index contributed by atoms with van der Waals surface area (Å²) in [6.07, 6.45) is -1.11. The summed E-state index contributed by atoms with van der Waals surface area (Å²) >= 11 is 3.29. The van der Waals surface area contributed by atoms with E-state index in [1.54, 1.807) is 18.2 Å². The summed E-state index contributed by atoms with van der Waals surface area (Å²) in [5, 5.41) is 10.8. The molecule has 88 valence electrons. The minimum absolute atomic E-state index is 0.131. The van der Waals surface area contributed by atoms with E-state index in [9.17, 15) is 4.79 Å². The number of hydrogen-bond acceptors (Lipinski definition) is 3. The van der Waals surface area contributed by atoms with Crippen LogP contribution < -0.4 is 10.1 Å². The van der Waals surface area contributed by atoms with Crippen LogP contribution in [0.3, 0.4) is 0 Å². The fourth-order valence-corrected chi connectivity index (χ4v) is 1.36. The van der Waals surface area contributed by atoms with Crippen LogP contribution in [0.15, 0.2) is 22.7 Å². The monoisotopic (exact) mass is 289 g/mol. The second kappa shape index (κ2) is 6.34. The number of nitrogens with one attached hydrogen (secondary N) is 1. The van der Waals surface area contributed by atoms with Gasteiger partial charge in [-0.2, -0.15) is 0 Å². The molecular weight excluding hydrogens is 278 g/mol. The van der Waals surface area contributed by atoms with E-state index >= 15 is 0 Å². The molecule has 16 heavy (non-hydrogen) atoms. The van der Waals surface area contributed by atoms with Gasteiger partial charge in [0.2, 0.25) is 0 Å². The maximum atomic E-state index is 10.4.